The molecule has 8 nitrogen and oxygen atoms in total. The molecule has 0 aliphatic rings. The quantitative estimate of drug-likeness (QED) is 0.833. The van der Waals surface area contributed by atoms with E-state index in [1.54, 1.807) is 39.3 Å². The molecule has 128 valence electrons. The van der Waals surface area contributed by atoms with Gasteiger partial charge >= 0.3 is 5.97 Å². The Hall–Kier alpha value is -3.03. The number of nitrogens with one attached hydrogen (secondary N) is 1. The van der Waals surface area contributed by atoms with Gasteiger partial charge in [-0.3, -0.25) is 9.48 Å². The monoisotopic (exact) mass is 333 g/mol. The summed E-state index contributed by atoms with van der Waals surface area (Å²) in [6, 6.07) is 4.80. The molecule has 1 aromatic heterocycles. The maximum atomic E-state index is 12.4. The van der Waals surface area contributed by atoms with Crippen molar-refractivity contribution in [2.45, 2.75) is 13.0 Å². The Morgan fingerprint density at radius 2 is 2.00 bits per heavy atom. The predicted octanol–water partition coefficient (Wildman–Crippen LogP) is 1.63. The Morgan fingerprint density at radius 3 is 2.58 bits per heavy atom. The van der Waals surface area contributed by atoms with Gasteiger partial charge in [-0.2, -0.15) is 5.10 Å². The van der Waals surface area contributed by atoms with Crippen molar-refractivity contribution in [3.8, 4) is 11.5 Å². The summed E-state index contributed by atoms with van der Waals surface area (Å²) in [6.45, 7) is 1.76. The fraction of sp³-hybridized carbons (Fsp3) is 0.312. The fourth-order valence-electron chi connectivity index (χ4n) is 2.33. The van der Waals surface area contributed by atoms with Gasteiger partial charge in [0.25, 0.3) is 5.91 Å². The van der Waals surface area contributed by atoms with Gasteiger partial charge in [0, 0.05) is 18.8 Å². The van der Waals surface area contributed by atoms with Crippen LogP contribution < -0.4 is 14.8 Å². The Balaban J connectivity index is 2.28. The van der Waals surface area contributed by atoms with E-state index in [4.69, 9.17) is 14.6 Å². The normalized spacial score (nSPS) is 11.7. The summed E-state index contributed by atoms with van der Waals surface area (Å²) in [5, 5.41) is 15.8. The summed E-state index contributed by atoms with van der Waals surface area (Å²) in [4.78, 5) is 23.6. The van der Waals surface area contributed by atoms with E-state index < -0.39 is 17.9 Å². The van der Waals surface area contributed by atoms with E-state index in [9.17, 15) is 9.59 Å². The molecule has 1 amide bonds. The van der Waals surface area contributed by atoms with Crippen LogP contribution in [-0.4, -0.2) is 41.0 Å². The number of ether oxygens (including phenoxy) is 2. The second kappa shape index (κ2) is 7.03. The van der Waals surface area contributed by atoms with Crippen LogP contribution >= 0.6 is 0 Å². The minimum absolute atomic E-state index is 0.140. The molecule has 0 aliphatic heterocycles. The Labute approximate surface area is 139 Å². The third-order valence-corrected chi connectivity index (χ3v) is 3.53. The highest BCUT2D eigenvalue weighted by Crippen LogP contribution is 2.29. The van der Waals surface area contributed by atoms with Gasteiger partial charge in [0.1, 0.15) is 17.1 Å². The Kier molecular flexibility index (Phi) is 5.08. The van der Waals surface area contributed by atoms with Gasteiger partial charge in [-0.05, 0) is 25.1 Å². The van der Waals surface area contributed by atoms with E-state index in [1.807, 2.05) is 0 Å². The number of benzene rings is 1. The van der Waals surface area contributed by atoms with Crippen LogP contribution in [0.15, 0.2) is 24.4 Å². The molecule has 0 unspecified atom stereocenters. The van der Waals surface area contributed by atoms with E-state index in [-0.39, 0.29) is 11.3 Å². The van der Waals surface area contributed by atoms with Crippen molar-refractivity contribution in [2.24, 2.45) is 7.05 Å². The minimum atomic E-state index is -1.21. The lowest BCUT2D eigenvalue weighted by Gasteiger charge is -2.18. The summed E-state index contributed by atoms with van der Waals surface area (Å²) >= 11 is 0. The van der Waals surface area contributed by atoms with Crippen molar-refractivity contribution < 1.29 is 24.2 Å². The van der Waals surface area contributed by atoms with Crippen molar-refractivity contribution in [3.05, 3.63) is 41.2 Å². The Morgan fingerprint density at radius 1 is 1.29 bits per heavy atom. The van der Waals surface area contributed by atoms with Crippen molar-refractivity contribution >= 4 is 11.9 Å². The van der Waals surface area contributed by atoms with Crippen molar-refractivity contribution in [1.82, 2.24) is 15.1 Å². The maximum absolute atomic E-state index is 12.4. The van der Waals surface area contributed by atoms with Crippen LogP contribution in [0, 0.1) is 0 Å². The maximum Gasteiger partial charge on any atom is 0.339 e. The summed E-state index contributed by atoms with van der Waals surface area (Å²) in [7, 11) is 4.63. The second-order valence-electron chi connectivity index (χ2n) is 5.17. The van der Waals surface area contributed by atoms with E-state index in [1.165, 1.54) is 18.0 Å². The lowest BCUT2D eigenvalue weighted by Crippen LogP contribution is -2.28. The minimum Gasteiger partial charge on any atom is -0.497 e. The van der Waals surface area contributed by atoms with Gasteiger partial charge < -0.3 is 19.9 Å². The molecule has 0 bridgehead atoms. The molecule has 0 saturated heterocycles. The third kappa shape index (κ3) is 3.48. The average molecular weight is 333 g/mol. The predicted molar refractivity (Wildman–Crippen MR) is 85.6 cm³/mol. The second-order valence-corrected chi connectivity index (χ2v) is 5.17. The highest BCUT2D eigenvalue weighted by Gasteiger charge is 2.23. The first-order valence-corrected chi connectivity index (χ1v) is 7.17. The number of carboxylic acid groups (broad SMARTS) is 1. The van der Waals surface area contributed by atoms with Gasteiger partial charge in [0.2, 0.25) is 0 Å². The molecule has 2 N–H and O–H groups in total. The number of rotatable bonds is 6. The molecule has 2 rings (SSSR count). The number of methoxy groups -OCH3 is 2. The van der Waals surface area contributed by atoms with Crippen LogP contribution in [0.4, 0.5) is 0 Å². The zero-order chi connectivity index (χ0) is 17.9. The number of carboxylic acids is 1. The molecular weight excluding hydrogens is 314 g/mol. The van der Waals surface area contributed by atoms with Crippen LogP contribution in [-0.2, 0) is 7.05 Å². The molecule has 1 aromatic carbocycles. The fourth-order valence-corrected chi connectivity index (χ4v) is 2.33. The molecule has 0 aliphatic carbocycles. The molecule has 0 radical (unpaired) electrons. The average Bonchev–Trinajstić information content (AvgIpc) is 2.96. The third-order valence-electron chi connectivity index (χ3n) is 3.53. The zero-order valence-corrected chi connectivity index (χ0v) is 13.9. The first-order valence-electron chi connectivity index (χ1n) is 7.17. The van der Waals surface area contributed by atoms with Crippen molar-refractivity contribution in [3.63, 3.8) is 0 Å². The van der Waals surface area contributed by atoms with Gasteiger partial charge in [-0.1, -0.05) is 0 Å². The summed E-state index contributed by atoms with van der Waals surface area (Å²) in [6.07, 6.45) is 1.29. The smallest absolute Gasteiger partial charge is 0.339 e. The standard InChI is InChI=1S/C16H19N3O5/c1-9(11-7-10(23-3)5-6-13(11)24-4)17-15(20)14-12(16(21)22)8-19(2)18-14/h5-9H,1-4H3,(H,17,20)(H,21,22)/t9-/m1/s1. The number of carbonyl (C=O) groups is 2. The van der Waals surface area contributed by atoms with Crippen LogP contribution in [0.25, 0.3) is 0 Å². The highest BCUT2D eigenvalue weighted by atomic mass is 16.5. The lowest BCUT2D eigenvalue weighted by molar-refractivity contribution is 0.0690. The largest absolute Gasteiger partial charge is 0.497 e. The SMILES string of the molecule is COc1ccc(OC)c([C@@H](C)NC(=O)c2nn(C)cc2C(=O)O)c1. The van der Waals surface area contributed by atoms with Crippen molar-refractivity contribution in [2.75, 3.05) is 14.2 Å². The molecule has 0 saturated carbocycles. The first-order chi connectivity index (χ1) is 11.4. The molecule has 8 heteroatoms. The van der Waals surface area contributed by atoms with E-state index in [0.29, 0.717) is 17.1 Å². The van der Waals surface area contributed by atoms with Gasteiger partial charge in [0.15, 0.2) is 5.69 Å². The summed E-state index contributed by atoms with van der Waals surface area (Å²) in [5.41, 5.74) is 0.413. The molecular formula is C16H19N3O5. The molecule has 0 spiro atoms. The number of aryl methyl sites for hydroxylation is 1. The van der Waals surface area contributed by atoms with Crippen LogP contribution in [0.3, 0.4) is 0 Å². The molecule has 2 aromatic rings. The van der Waals surface area contributed by atoms with Gasteiger partial charge in [0.05, 0.1) is 20.3 Å². The molecule has 1 atom stereocenters. The first kappa shape index (κ1) is 17.3. The van der Waals surface area contributed by atoms with Gasteiger partial charge in [-0.25, -0.2) is 4.79 Å². The number of hydrogen-bond donors (Lipinski definition) is 2. The summed E-state index contributed by atoms with van der Waals surface area (Å²) < 4.78 is 11.8. The number of hydrogen-bond acceptors (Lipinski definition) is 5. The number of aromatic nitrogens is 2. The molecule has 1 heterocycles. The topological polar surface area (TPSA) is 103 Å². The van der Waals surface area contributed by atoms with Crippen molar-refractivity contribution in [1.29, 1.82) is 0 Å². The van der Waals surface area contributed by atoms with E-state index >= 15 is 0 Å². The Bertz CT molecular complexity index is 769. The number of aromatic carboxylic acids is 1. The zero-order valence-electron chi connectivity index (χ0n) is 13.9. The van der Waals surface area contributed by atoms with E-state index in [0.717, 1.165) is 0 Å². The van der Waals surface area contributed by atoms with E-state index in [2.05, 4.69) is 10.4 Å². The van der Waals surface area contributed by atoms with Crippen LogP contribution in [0.2, 0.25) is 0 Å². The van der Waals surface area contributed by atoms with Gasteiger partial charge in [-0.15, -0.1) is 0 Å². The molecule has 0 fully saturated rings. The summed E-state index contributed by atoms with van der Waals surface area (Å²) in [5.74, 6) is -0.579. The lowest BCUT2D eigenvalue weighted by atomic mass is 10.1. The number of amides is 1. The van der Waals surface area contributed by atoms with Crippen LogP contribution in [0.5, 0.6) is 11.5 Å². The van der Waals surface area contributed by atoms with Crippen LogP contribution in [0.1, 0.15) is 39.4 Å². The number of carbonyl (C=O) groups excluding carboxylic acids is 1. The highest BCUT2D eigenvalue weighted by molar-refractivity contribution is 6.03. The molecule has 24 heavy (non-hydrogen) atoms. The number of nitrogens with zero attached hydrogens (tertiary/aromatic N) is 2.